The summed E-state index contributed by atoms with van der Waals surface area (Å²) in [4.78, 5) is 12.2. The van der Waals surface area contributed by atoms with Crippen LogP contribution in [0, 0.1) is 0 Å². The summed E-state index contributed by atoms with van der Waals surface area (Å²) < 4.78 is 0. The number of amides is 1. The summed E-state index contributed by atoms with van der Waals surface area (Å²) in [5.41, 5.74) is 8.16. The lowest BCUT2D eigenvalue weighted by Crippen LogP contribution is -2.52. The number of unbranched alkanes of at least 4 members (excludes halogenated alkanes) is 1. The van der Waals surface area contributed by atoms with Crippen molar-refractivity contribution in [1.82, 2.24) is 5.32 Å². The summed E-state index contributed by atoms with van der Waals surface area (Å²) in [6.45, 7) is 2.75. The molecule has 1 aromatic carbocycles. The van der Waals surface area contributed by atoms with Crippen LogP contribution in [0.5, 0.6) is 0 Å². The van der Waals surface area contributed by atoms with Crippen LogP contribution in [0.1, 0.15) is 56.6 Å². The number of hydrogen-bond donors (Lipinski definition) is 2. The molecule has 1 fully saturated rings. The number of rotatable bonds is 7. The molecule has 0 unspecified atom stereocenters. The maximum atomic E-state index is 12.2. The molecule has 4 heteroatoms. The van der Waals surface area contributed by atoms with Gasteiger partial charge >= 0.3 is 0 Å². The Morgan fingerprint density at radius 1 is 1.18 bits per heavy atom. The van der Waals surface area contributed by atoms with E-state index in [-0.39, 0.29) is 23.9 Å². The molecule has 124 valence electrons. The van der Waals surface area contributed by atoms with Gasteiger partial charge < -0.3 is 11.1 Å². The molecule has 0 aliphatic heterocycles. The lowest BCUT2D eigenvalue weighted by Gasteiger charge is -2.28. The molecule has 0 atom stereocenters. The number of halogens is 1. The summed E-state index contributed by atoms with van der Waals surface area (Å²) >= 11 is 0. The van der Waals surface area contributed by atoms with Gasteiger partial charge in [0.15, 0.2) is 0 Å². The van der Waals surface area contributed by atoms with E-state index >= 15 is 0 Å². The summed E-state index contributed by atoms with van der Waals surface area (Å²) in [5, 5.41) is 3.18. The smallest absolute Gasteiger partial charge is 0.224 e. The average molecular weight is 325 g/mol. The number of benzene rings is 1. The number of carbonyl (C=O) groups is 1. The third kappa shape index (κ3) is 5.29. The standard InChI is InChI=1S/C18H28N2O.ClH/c1-2-3-6-15-7-9-16(10-8-15)13-17(21)20-18(14-19)11-4-5-12-18;/h7-10H,2-6,11-14,19H2,1H3,(H,20,21);1H. The van der Waals surface area contributed by atoms with Crippen LogP contribution >= 0.6 is 12.4 Å². The van der Waals surface area contributed by atoms with Crippen LogP contribution in [0.25, 0.3) is 0 Å². The second-order valence-corrected chi connectivity index (χ2v) is 6.34. The van der Waals surface area contributed by atoms with E-state index in [1.54, 1.807) is 0 Å². The van der Waals surface area contributed by atoms with Gasteiger partial charge in [-0.2, -0.15) is 0 Å². The molecule has 3 N–H and O–H groups in total. The lowest BCUT2D eigenvalue weighted by atomic mass is 9.97. The Hall–Kier alpha value is -1.06. The van der Waals surface area contributed by atoms with Gasteiger partial charge in [-0.1, -0.05) is 50.5 Å². The molecule has 0 spiro atoms. The van der Waals surface area contributed by atoms with Gasteiger partial charge in [-0.05, 0) is 36.8 Å². The zero-order chi connectivity index (χ0) is 15.1. The Labute approximate surface area is 140 Å². The molecular weight excluding hydrogens is 296 g/mol. The molecular formula is C18H29ClN2O. The van der Waals surface area contributed by atoms with Crippen LogP contribution in [0.2, 0.25) is 0 Å². The van der Waals surface area contributed by atoms with Gasteiger partial charge in [0.1, 0.15) is 0 Å². The van der Waals surface area contributed by atoms with Gasteiger partial charge in [-0.15, -0.1) is 12.4 Å². The highest BCUT2D eigenvalue weighted by atomic mass is 35.5. The predicted octanol–water partition coefficient (Wildman–Crippen LogP) is 3.38. The quantitative estimate of drug-likeness (QED) is 0.807. The minimum Gasteiger partial charge on any atom is -0.349 e. The zero-order valence-electron chi connectivity index (χ0n) is 13.6. The minimum atomic E-state index is -0.141. The highest BCUT2D eigenvalue weighted by molar-refractivity contribution is 5.85. The Kier molecular flexibility index (Phi) is 7.91. The fraction of sp³-hybridized carbons (Fsp3) is 0.611. The molecule has 1 aromatic rings. The molecule has 2 rings (SSSR count). The van der Waals surface area contributed by atoms with Crippen LogP contribution in [0.3, 0.4) is 0 Å². The number of nitrogens with one attached hydrogen (secondary N) is 1. The highest BCUT2D eigenvalue weighted by Gasteiger charge is 2.33. The van der Waals surface area contributed by atoms with Crippen molar-refractivity contribution < 1.29 is 4.79 Å². The lowest BCUT2D eigenvalue weighted by molar-refractivity contribution is -0.122. The Morgan fingerprint density at radius 3 is 2.32 bits per heavy atom. The zero-order valence-corrected chi connectivity index (χ0v) is 14.4. The normalized spacial score (nSPS) is 16.1. The van der Waals surface area contributed by atoms with Crippen LogP contribution in [0.4, 0.5) is 0 Å². The first-order valence-corrected chi connectivity index (χ1v) is 8.26. The van der Waals surface area contributed by atoms with Crippen molar-refractivity contribution in [2.24, 2.45) is 5.73 Å². The molecule has 0 bridgehead atoms. The van der Waals surface area contributed by atoms with Crippen molar-refractivity contribution in [1.29, 1.82) is 0 Å². The van der Waals surface area contributed by atoms with Crippen molar-refractivity contribution in [2.45, 2.75) is 63.8 Å². The van der Waals surface area contributed by atoms with Crippen LogP contribution in [-0.2, 0) is 17.6 Å². The fourth-order valence-corrected chi connectivity index (χ4v) is 3.16. The SMILES string of the molecule is CCCCc1ccc(CC(=O)NC2(CN)CCCC2)cc1.Cl. The van der Waals surface area contributed by atoms with Gasteiger partial charge in [0.25, 0.3) is 0 Å². The second-order valence-electron chi connectivity index (χ2n) is 6.34. The topological polar surface area (TPSA) is 55.1 Å². The summed E-state index contributed by atoms with van der Waals surface area (Å²) in [5.74, 6) is 0.101. The predicted molar refractivity (Wildman–Crippen MR) is 94.4 cm³/mol. The van der Waals surface area contributed by atoms with E-state index in [1.165, 1.54) is 31.2 Å². The number of nitrogens with two attached hydrogens (primary N) is 1. The number of carbonyl (C=O) groups excluding carboxylic acids is 1. The Morgan fingerprint density at radius 2 is 1.77 bits per heavy atom. The third-order valence-electron chi connectivity index (χ3n) is 4.56. The van der Waals surface area contributed by atoms with E-state index in [0.717, 1.165) is 24.8 Å². The van der Waals surface area contributed by atoms with E-state index in [0.29, 0.717) is 13.0 Å². The van der Waals surface area contributed by atoms with Crippen LogP contribution < -0.4 is 11.1 Å². The van der Waals surface area contributed by atoms with Crippen molar-refractivity contribution in [3.8, 4) is 0 Å². The van der Waals surface area contributed by atoms with Crippen molar-refractivity contribution in [3.63, 3.8) is 0 Å². The second kappa shape index (κ2) is 9.16. The molecule has 0 aromatic heterocycles. The van der Waals surface area contributed by atoms with Gasteiger partial charge in [-0.25, -0.2) is 0 Å². The number of aryl methyl sites for hydroxylation is 1. The van der Waals surface area contributed by atoms with Gasteiger partial charge in [0, 0.05) is 6.54 Å². The monoisotopic (exact) mass is 324 g/mol. The molecule has 0 saturated heterocycles. The summed E-state index contributed by atoms with van der Waals surface area (Å²) in [6.07, 6.45) is 8.39. The van der Waals surface area contributed by atoms with Crippen molar-refractivity contribution in [3.05, 3.63) is 35.4 Å². The van der Waals surface area contributed by atoms with Crippen molar-refractivity contribution in [2.75, 3.05) is 6.54 Å². The number of hydrogen-bond acceptors (Lipinski definition) is 2. The summed E-state index contributed by atoms with van der Waals surface area (Å²) in [7, 11) is 0. The minimum absolute atomic E-state index is 0. The molecule has 0 radical (unpaired) electrons. The fourth-order valence-electron chi connectivity index (χ4n) is 3.16. The van der Waals surface area contributed by atoms with E-state index in [2.05, 4.69) is 36.5 Å². The van der Waals surface area contributed by atoms with E-state index < -0.39 is 0 Å². The highest BCUT2D eigenvalue weighted by Crippen LogP contribution is 2.28. The van der Waals surface area contributed by atoms with E-state index in [9.17, 15) is 4.79 Å². The maximum Gasteiger partial charge on any atom is 0.224 e. The van der Waals surface area contributed by atoms with Gasteiger partial charge in [0.05, 0.1) is 12.0 Å². The Balaban J connectivity index is 0.00000242. The largest absolute Gasteiger partial charge is 0.349 e. The third-order valence-corrected chi connectivity index (χ3v) is 4.56. The molecule has 22 heavy (non-hydrogen) atoms. The first-order valence-electron chi connectivity index (χ1n) is 8.26. The van der Waals surface area contributed by atoms with E-state index in [1.807, 2.05) is 0 Å². The summed E-state index contributed by atoms with van der Waals surface area (Å²) in [6, 6.07) is 8.45. The van der Waals surface area contributed by atoms with E-state index in [4.69, 9.17) is 5.73 Å². The van der Waals surface area contributed by atoms with Crippen molar-refractivity contribution >= 4 is 18.3 Å². The first-order chi connectivity index (χ1) is 10.2. The molecule has 1 amide bonds. The van der Waals surface area contributed by atoms with Gasteiger partial charge in [0.2, 0.25) is 5.91 Å². The first kappa shape index (κ1) is 19.0. The molecule has 3 nitrogen and oxygen atoms in total. The molecule has 1 aliphatic carbocycles. The molecule has 1 aliphatic rings. The molecule has 1 saturated carbocycles. The maximum absolute atomic E-state index is 12.2. The van der Waals surface area contributed by atoms with Crippen LogP contribution in [-0.4, -0.2) is 18.0 Å². The molecule has 0 heterocycles. The van der Waals surface area contributed by atoms with Crippen LogP contribution in [0.15, 0.2) is 24.3 Å². The Bertz CT molecular complexity index is 453. The average Bonchev–Trinajstić information content (AvgIpc) is 2.95. The van der Waals surface area contributed by atoms with Gasteiger partial charge in [-0.3, -0.25) is 4.79 Å².